The second-order valence-corrected chi connectivity index (χ2v) is 7.30. The number of carbonyl (C=O) groups is 1. The van der Waals surface area contributed by atoms with E-state index in [9.17, 15) is 4.79 Å². The van der Waals surface area contributed by atoms with Crippen LogP contribution in [0.25, 0.3) is 5.69 Å². The molecule has 0 unspecified atom stereocenters. The molecular formula is C23H28N4O2. The Balaban J connectivity index is 1.62. The largest absolute Gasteiger partial charge is 0.492 e. The van der Waals surface area contributed by atoms with Gasteiger partial charge in [0.15, 0.2) is 0 Å². The third-order valence-electron chi connectivity index (χ3n) is 4.72. The van der Waals surface area contributed by atoms with Crippen LogP contribution in [-0.4, -0.2) is 47.8 Å². The number of hydrogen-bond acceptors (Lipinski definition) is 4. The molecule has 0 fully saturated rings. The number of nitrogens with zero attached hydrogens (tertiary/aromatic N) is 3. The molecule has 29 heavy (non-hydrogen) atoms. The van der Waals surface area contributed by atoms with Gasteiger partial charge in [-0.1, -0.05) is 18.2 Å². The van der Waals surface area contributed by atoms with Gasteiger partial charge in [-0.2, -0.15) is 5.10 Å². The molecule has 2 aromatic carbocycles. The number of anilines is 1. The fraction of sp³-hybridized carbons (Fsp3) is 0.304. The number of rotatable bonds is 8. The SMILES string of the molecule is Cc1nn(-c2ccccc2)c(C)c1CC(=O)Nc1ccc(OCCN(C)C)cc1. The van der Waals surface area contributed by atoms with Crippen LogP contribution in [0.4, 0.5) is 5.69 Å². The van der Waals surface area contributed by atoms with E-state index < -0.39 is 0 Å². The Morgan fingerprint density at radius 3 is 2.41 bits per heavy atom. The van der Waals surface area contributed by atoms with Gasteiger partial charge >= 0.3 is 0 Å². The lowest BCUT2D eigenvalue weighted by Crippen LogP contribution is -2.19. The van der Waals surface area contributed by atoms with Crippen molar-refractivity contribution >= 4 is 11.6 Å². The smallest absolute Gasteiger partial charge is 0.228 e. The van der Waals surface area contributed by atoms with E-state index in [1.165, 1.54) is 0 Å². The van der Waals surface area contributed by atoms with Crippen molar-refractivity contribution in [3.8, 4) is 11.4 Å². The van der Waals surface area contributed by atoms with E-state index in [4.69, 9.17) is 4.74 Å². The lowest BCUT2D eigenvalue weighted by atomic mass is 10.1. The molecular weight excluding hydrogens is 364 g/mol. The molecule has 0 spiro atoms. The van der Waals surface area contributed by atoms with Crippen LogP contribution in [0, 0.1) is 13.8 Å². The minimum absolute atomic E-state index is 0.0647. The van der Waals surface area contributed by atoms with Gasteiger partial charge in [0.05, 0.1) is 17.8 Å². The van der Waals surface area contributed by atoms with Crippen LogP contribution in [-0.2, 0) is 11.2 Å². The summed E-state index contributed by atoms with van der Waals surface area (Å²) in [5.74, 6) is 0.728. The van der Waals surface area contributed by atoms with E-state index in [-0.39, 0.29) is 12.3 Å². The predicted octanol–water partition coefficient (Wildman–Crippen LogP) is 3.61. The van der Waals surface area contributed by atoms with E-state index in [1.54, 1.807) is 0 Å². The first-order valence-corrected chi connectivity index (χ1v) is 9.72. The molecule has 0 bridgehead atoms. The van der Waals surface area contributed by atoms with Gasteiger partial charge in [-0.15, -0.1) is 0 Å². The second-order valence-electron chi connectivity index (χ2n) is 7.30. The zero-order valence-corrected chi connectivity index (χ0v) is 17.5. The van der Waals surface area contributed by atoms with Crippen LogP contribution in [0.2, 0.25) is 0 Å². The molecule has 3 aromatic rings. The van der Waals surface area contributed by atoms with Gasteiger partial charge in [-0.25, -0.2) is 4.68 Å². The Hall–Kier alpha value is -3.12. The van der Waals surface area contributed by atoms with Gasteiger partial charge in [-0.05, 0) is 64.3 Å². The third kappa shape index (κ3) is 5.45. The summed E-state index contributed by atoms with van der Waals surface area (Å²) in [7, 11) is 4.02. The summed E-state index contributed by atoms with van der Waals surface area (Å²) in [6.07, 6.45) is 0.283. The Morgan fingerprint density at radius 1 is 1.07 bits per heavy atom. The molecule has 0 aliphatic carbocycles. The summed E-state index contributed by atoms with van der Waals surface area (Å²) in [5, 5.41) is 7.57. The first kappa shape index (κ1) is 20.6. The number of hydrogen-bond donors (Lipinski definition) is 1. The highest BCUT2D eigenvalue weighted by atomic mass is 16.5. The van der Waals surface area contributed by atoms with Crippen LogP contribution in [0.3, 0.4) is 0 Å². The van der Waals surface area contributed by atoms with Crippen molar-refractivity contribution in [3.05, 3.63) is 71.5 Å². The highest BCUT2D eigenvalue weighted by Gasteiger charge is 2.16. The van der Waals surface area contributed by atoms with Crippen LogP contribution >= 0.6 is 0 Å². The van der Waals surface area contributed by atoms with Crippen LogP contribution in [0.5, 0.6) is 5.75 Å². The number of aromatic nitrogens is 2. The summed E-state index contributed by atoms with van der Waals surface area (Å²) >= 11 is 0. The highest BCUT2D eigenvalue weighted by Crippen LogP contribution is 2.20. The van der Waals surface area contributed by atoms with Crippen molar-refractivity contribution in [1.29, 1.82) is 0 Å². The van der Waals surface area contributed by atoms with Gasteiger partial charge in [0.2, 0.25) is 5.91 Å². The van der Waals surface area contributed by atoms with Crippen molar-refractivity contribution < 1.29 is 9.53 Å². The Bertz CT molecular complexity index is 947. The van der Waals surface area contributed by atoms with Crippen molar-refractivity contribution in [3.63, 3.8) is 0 Å². The summed E-state index contributed by atoms with van der Waals surface area (Å²) in [6, 6.07) is 17.4. The molecule has 3 rings (SSSR count). The topological polar surface area (TPSA) is 59.4 Å². The number of benzene rings is 2. The van der Waals surface area contributed by atoms with Crippen molar-refractivity contribution in [2.45, 2.75) is 20.3 Å². The van der Waals surface area contributed by atoms with E-state index >= 15 is 0 Å². The third-order valence-corrected chi connectivity index (χ3v) is 4.72. The quantitative estimate of drug-likeness (QED) is 0.636. The predicted molar refractivity (Wildman–Crippen MR) is 116 cm³/mol. The molecule has 152 valence electrons. The van der Waals surface area contributed by atoms with Crippen LogP contribution in [0.1, 0.15) is 17.0 Å². The summed E-state index contributed by atoms with van der Waals surface area (Å²) in [4.78, 5) is 14.6. The Labute approximate surface area is 172 Å². The normalized spacial score (nSPS) is 10.9. The van der Waals surface area contributed by atoms with Crippen molar-refractivity contribution in [2.75, 3.05) is 32.6 Å². The van der Waals surface area contributed by atoms with Gasteiger partial charge in [-0.3, -0.25) is 4.79 Å². The number of ether oxygens (including phenoxy) is 1. The van der Waals surface area contributed by atoms with Crippen molar-refractivity contribution in [2.24, 2.45) is 0 Å². The standard InChI is InChI=1S/C23H28N4O2/c1-17-22(18(2)27(25-17)20-8-6-5-7-9-20)16-23(28)24-19-10-12-21(13-11-19)29-15-14-26(3)4/h5-13H,14-16H2,1-4H3,(H,24,28). The molecule has 1 heterocycles. The number of carbonyl (C=O) groups excluding carboxylic acids is 1. The zero-order chi connectivity index (χ0) is 20.8. The molecule has 1 amide bonds. The summed E-state index contributed by atoms with van der Waals surface area (Å²) in [6.45, 7) is 5.42. The number of para-hydroxylation sites is 1. The summed E-state index contributed by atoms with van der Waals surface area (Å²) in [5.41, 5.74) is 4.54. The molecule has 0 atom stereocenters. The highest BCUT2D eigenvalue weighted by molar-refractivity contribution is 5.92. The molecule has 1 N–H and O–H groups in total. The lowest BCUT2D eigenvalue weighted by Gasteiger charge is -2.11. The van der Waals surface area contributed by atoms with E-state index in [0.717, 1.165) is 40.6 Å². The van der Waals surface area contributed by atoms with Gasteiger partial charge in [0.1, 0.15) is 12.4 Å². The molecule has 0 aliphatic heterocycles. The second kappa shape index (κ2) is 9.39. The van der Waals surface area contributed by atoms with Gasteiger partial charge in [0.25, 0.3) is 0 Å². The number of aryl methyl sites for hydroxylation is 1. The number of nitrogens with one attached hydrogen (secondary N) is 1. The fourth-order valence-electron chi connectivity index (χ4n) is 3.10. The van der Waals surface area contributed by atoms with E-state index in [2.05, 4.69) is 15.3 Å². The molecule has 6 nitrogen and oxygen atoms in total. The van der Waals surface area contributed by atoms with Gasteiger partial charge < -0.3 is 15.0 Å². The minimum atomic E-state index is -0.0647. The van der Waals surface area contributed by atoms with E-state index in [0.29, 0.717) is 6.61 Å². The zero-order valence-electron chi connectivity index (χ0n) is 17.5. The minimum Gasteiger partial charge on any atom is -0.492 e. The van der Waals surface area contributed by atoms with Crippen LogP contribution in [0.15, 0.2) is 54.6 Å². The monoisotopic (exact) mass is 392 g/mol. The van der Waals surface area contributed by atoms with E-state index in [1.807, 2.05) is 87.2 Å². The fourth-order valence-corrected chi connectivity index (χ4v) is 3.10. The average molecular weight is 393 g/mol. The Kier molecular flexibility index (Phi) is 6.67. The first-order valence-electron chi connectivity index (χ1n) is 9.72. The molecule has 0 radical (unpaired) electrons. The van der Waals surface area contributed by atoms with Gasteiger partial charge in [0, 0.05) is 23.5 Å². The first-order chi connectivity index (χ1) is 13.9. The molecule has 1 aromatic heterocycles. The number of amides is 1. The molecule has 6 heteroatoms. The maximum absolute atomic E-state index is 12.6. The maximum atomic E-state index is 12.6. The Morgan fingerprint density at radius 2 is 1.76 bits per heavy atom. The average Bonchev–Trinajstić information content (AvgIpc) is 2.98. The van der Waals surface area contributed by atoms with Crippen LogP contribution < -0.4 is 10.1 Å². The maximum Gasteiger partial charge on any atom is 0.228 e. The summed E-state index contributed by atoms with van der Waals surface area (Å²) < 4.78 is 7.57. The molecule has 0 aliphatic rings. The van der Waals surface area contributed by atoms with Crippen molar-refractivity contribution in [1.82, 2.24) is 14.7 Å². The molecule has 0 saturated carbocycles. The number of likely N-dealkylation sites (N-methyl/N-ethyl adjacent to an activating group) is 1. The lowest BCUT2D eigenvalue weighted by molar-refractivity contribution is -0.115. The molecule has 0 saturated heterocycles.